The summed E-state index contributed by atoms with van der Waals surface area (Å²) in [6.07, 6.45) is 5.90. The molecule has 3 rings (SSSR count). The molecule has 0 aromatic carbocycles. The van der Waals surface area contributed by atoms with E-state index in [0.717, 1.165) is 38.8 Å². The van der Waals surface area contributed by atoms with Crippen molar-refractivity contribution in [2.24, 2.45) is 5.73 Å². The lowest BCUT2D eigenvalue weighted by Gasteiger charge is -2.27. The Morgan fingerprint density at radius 2 is 2.41 bits per heavy atom. The number of ether oxygens (including phenoxy) is 2. The summed E-state index contributed by atoms with van der Waals surface area (Å²) in [5, 5.41) is 0. The third-order valence-corrected chi connectivity index (χ3v) is 4.18. The summed E-state index contributed by atoms with van der Waals surface area (Å²) < 4.78 is 11.5. The van der Waals surface area contributed by atoms with Crippen LogP contribution in [0.4, 0.5) is 0 Å². The van der Waals surface area contributed by atoms with Crippen molar-refractivity contribution in [2.75, 3.05) is 19.7 Å². The number of amides is 1. The lowest BCUT2D eigenvalue weighted by atomic mass is 10.0. The molecule has 2 atom stereocenters. The largest absolute Gasteiger partial charge is 0.484 e. The van der Waals surface area contributed by atoms with Crippen molar-refractivity contribution in [1.82, 2.24) is 9.88 Å². The number of nitrogens with zero attached hydrogens (tertiary/aromatic N) is 2. The van der Waals surface area contributed by atoms with Crippen LogP contribution in [0, 0.1) is 0 Å². The van der Waals surface area contributed by atoms with Crippen molar-refractivity contribution in [2.45, 2.75) is 44.2 Å². The lowest BCUT2D eigenvalue weighted by Crippen LogP contribution is -2.36. The molecule has 1 aromatic rings. The van der Waals surface area contributed by atoms with Crippen LogP contribution < -0.4 is 15.2 Å². The molecule has 2 aliphatic rings. The van der Waals surface area contributed by atoms with E-state index in [9.17, 15) is 4.79 Å². The van der Waals surface area contributed by atoms with Crippen LogP contribution in [-0.4, -0.2) is 47.6 Å². The van der Waals surface area contributed by atoms with Gasteiger partial charge >= 0.3 is 0 Å². The van der Waals surface area contributed by atoms with Crippen LogP contribution in [0.25, 0.3) is 0 Å². The predicted molar refractivity (Wildman–Crippen MR) is 81.8 cm³/mol. The number of hydrogen-bond donors (Lipinski definition) is 1. The standard InChI is InChI=1S/C16H23N3O3/c17-12(4-2-8-19-9-3-6-15(19)20)10-13-11-21-14-5-1-7-18-16(14)22-13/h1,5,7,12-13H,2-4,6,8-11,17H2. The monoisotopic (exact) mass is 305 g/mol. The van der Waals surface area contributed by atoms with Gasteiger partial charge in [-0.15, -0.1) is 0 Å². The smallest absolute Gasteiger partial charge is 0.257 e. The summed E-state index contributed by atoms with van der Waals surface area (Å²) >= 11 is 0. The van der Waals surface area contributed by atoms with Crippen LogP contribution >= 0.6 is 0 Å². The van der Waals surface area contributed by atoms with Gasteiger partial charge in [0.2, 0.25) is 5.91 Å². The third-order valence-electron chi connectivity index (χ3n) is 4.18. The second kappa shape index (κ2) is 6.96. The van der Waals surface area contributed by atoms with E-state index in [-0.39, 0.29) is 18.1 Å². The molecule has 120 valence electrons. The van der Waals surface area contributed by atoms with Gasteiger partial charge in [-0.1, -0.05) is 0 Å². The number of rotatable bonds is 6. The molecule has 1 amide bonds. The Hall–Kier alpha value is -1.82. The molecule has 6 nitrogen and oxygen atoms in total. The first kappa shape index (κ1) is 15.1. The number of likely N-dealkylation sites (tertiary alicyclic amines) is 1. The van der Waals surface area contributed by atoms with Crippen LogP contribution in [0.5, 0.6) is 11.6 Å². The molecule has 0 saturated carbocycles. The molecule has 0 radical (unpaired) electrons. The molecule has 1 aromatic heterocycles. The van der Waals surface area contributed by atoms with E-state index in [1.807, 2.05) is 17.0 Å². The predicted octanol–water partition coefficient (Wildman–Crippen LogP) is 1.34. The maximum Gasteiger partial charge on any atom is 0.257 e. The summed E-state index contributed by atoms with van der Waals surface area (Å²) in [5.74, 6) is 1.52. The zero-order chi connectivity index (χ0) is 15.4. The zero-order valence-electron chi connectivity index (χ0n) is 12.7. The van der Waals surface area contributed by atoms with Gasteiger partial charge in [0.15, 0.2) is 5.75 Å². The average Bonchev–Trinajstić information content (AvgIpc) is 2.92. The van der Waals surface area contributed by atoms with E-state index in [1.165, 1.54) is 0 Å². The van der Waals surface area contributed by atoms with Gasteiger partial charge in [-0.2, -0.15) is 0 Å². The number of hydrogen-bond acceptors (Lipinski definition) is 5. The maximum atomic E-state index is 11.5. The molecule has 0 aliphatic carbocycles. The Morgan fingerprint density at radius 3 is 3.23 bits per heavy atom. The van der Waals surface area contributed by atoms with E-state index >= 15 is 0 Å². The Kier molecular flexibility index (Phi) is 4.77. The SMILES string of the molecule is NC(CCCN1CCCC1=O)CC1COc2cccnc2O1. The number of nitrogens with two attached hydrogens (primary N) is 1. The minimum Gasteiger partial charge on any atom is -0.484 e. The van der Waals surface area contributed by atoms with E-state index in [4.69, 9.17) is 15.2 Å². The summed E-state index contributed by atoms with van der Waals surface area (Å²) in [6.45, 7) is 2.23. The van der Waals surface area contributed by atoms with Gasteiger partial charge in [-0.05, 0) is 31.4 Å². The Balaban J connectivity index is 1.39. The normalized spacial score (nSPS) is 22.0. The number of carbonyl (C=O) groups is 1. The maximum absolute atomic E-state index is 11.5. The highest BCUT2D eigenvalue weighted by molar-refractivity contribution is 5.77. The summed E-state index contributed by atoms with van der Waals surface area (Å²) in [4.78, 5) is 17.6. The first-order valence-corrected chi connectivity index (χ1v) is 8.00. The van der Waals surface area contributed by atoms with E-state index in [2.05, 4.69) is 4.98 Å². The van der Waals surface area contributed by atoms with Crippen LogP contribution in [0.1, 0.15) is 32.1 Å². The van der Waals surface area contributed by atoms with E-state index in [0.29, 0.717) is 24.7 Å². The molecule has 3 heterocycles. The molecule has 2 aliphatic heterocycles. The summed E-state index contributed by atoms with van der Waals surface area (Å²) in [7, 11) is 0. The van der Waals surface area contributed by atoms with Crippen LogP contribution in [0.3, 0.4) is 0 Å². The fourth-order valence-electron chi connectivity index (χ4n) is 3.01. The molecule has 1 fully saturated rings. The van der Waals surface area contributed by atoms with Crippen molar-refractivity contribution in [3.8, 4) is 11.6 Å². The molecule has 22 heavy (non-hydrogen) atoms. The minimum absolute atomic E-state index is 0.0502. The van der Waals surface area contributed by atoms with Crippen molar-refractivity contribution in [3.05, 3.63) is 18.3 Å². The number of pyridine rings is 1. The van der Waals surface area contributed by atoms with Crippen LogP contribution in [0.15, 0.2) is 18.3 Å². The highest BCUT2D eigenvalue weighted by Gasteiger charge is 2.24. The van der Waals surface area contributed by atoms with Crippen molar-refractivity contribution < 1.29 is 14.3 Å². The molecule has 2 unspecified atom stereocenters. The number of aromatic nitrogens is 1. The molecule has 0 bridgehead atoms. The summed E-state index contributed by atoms with van der Waals surface area (Å²) in [5.41, 5.74) is 6.18. The molecular formula is C16H23N3O3. The van der Waals surface area contributed by atoms with Gasteiger partial charge in [0, 0.05) is 38.2 Å². The Labute approximate surface area is 130 Å². The van der Waals surface area contributed by atoms with Crippen molar-refractivity contribution in [3.63, 3.8) is 0 Å². The molecule has 1 saturated heterocycles. The zero-order valence-corrected chi connectivity index (χ0v) is 12.7. The van der Waals surface area contributed by atoms with Crippen LogP contribution in [0.2, 0.25) is 0 Å². The minimum atomic E-state index is -0.0502. The highest BCUT2D eigenvalue weighted by atomic mass is 16.6. The number of fused-ring (bicyclic) bond motifs is 1. The second-order valence-corrected chi connectivity index (χ2v) is 5.98. The van der Waals surface area contributed by atoms with E-state index in [1.54, 1.807) is 6.20 Å². The number of carbonyl (C=O) groups excluding carboxylic acids is 1. The van der Waals surface area contributed by atoms with Crippen molar-refractivity contribution >= 4 is 5.91 Å². The van der Waals surface area contributed by atoms with Gasteiger partial charge in [0.1, 0.15) is 12.7 Å². The van der Waals surface area contributed by atoms with Crippen LogP contribution in [-0.2, 0) is 4.79 Å². The lowest BCUT2D eigenvalue weighted by molar-refractivity contribution is -0.127. The Morgan fingerprint density at radius 1 is 1.50 bits per heavy atom. The molecule has 2 N–H and O–H groups in total. The van der Waals surface area contributed by atoms with Gasteiger partial charge in [0.05, 0.1) is 0 Å². The van der Waals surface area contributed by atoms with Gasteiger partial charge < -0.3 is 20.1 Å². The first-order valence-electron chi connectivity index (χ1n) is 8.00. The topological polar surface area (TPSA) is 77.7 Å². The van der Waals surface area contributed by atoms with E-state index < -0.39 is 0 Å². The fourth-order valence-corrected chi connectivity index (χ4v) is 3.01. The third kappa shape index (κ3) is 3.68. The van der Waals surface area contributed by atoms with Gasteiger partial charge in [-0.25, -0.2) is 4.98 Å². The molecule has 6 heteroatoms. The Bertz CT molecular complexity index is 523. The molecule has 0 spiro atoms. The fraction of sp³-hybridized carbons (Fsp3) is 0.625. The average molecular weight is 305 g/mol. The van der Waals surface area contributed by atoms with Crippen molar-refractivity contribution in [1.29, 1.82) is 0 Å². The first-order chi connectivity index (χ1) is 10.7. The van der Waals surface area contributed by atoms with Gasteiger partial charge in [0.25, 0.3) is 5.88 Å². The second-order valence-electron chi connectivity index (χ2n) is 5.98. The van der Waals surface area contributed by atoms with Gasteiger partial charge in [-0.3, -0.25) is 4.79 Å². The quantitative estimate of drug-likeness (QED) is 0.858. The highest BCUT2D eigenvalue weighted by Crippen LogP contribution is 2.29. The molecular weight excluding hydrogens is 282 g/mol. The summed E-state index contributed by atoms with van der Waals surface area (Å²) in [6, 6.07) is 3.73.